The second-order valence-corrected chi connectivity index (χ2v) is 8.45. The van der Waals surface area contributed by atoms with Crippen molar-refractivity contribution < 1.29 is 19.0 Å². The third-order valence-corrected chi connectivity index (χ3v) is 5.21. The molecule has 0 spiro atoms. The number of carbonyl (C=O) groups excluding carboxylic acids is 1. The second kappa shape index (κ2) is 10.1. The molecule has 0 radical (unpaired) electrons. The Morgan fingerprint density at radius 2 is 2.03 bits per heavy atom. The average Bonchev–Trinajstić information content (AvgIpc) is 2.73. The van der Waals surface area contributed by atoms with E-state index in [-0.39, 0.29) is 6.61 Å². The molecule has 1 aliphatic rings. The van der Waals surface area contributed by atoms with Gasteiger partial charge in [-0.05, 0) is 81.9 Å². The Morgan fingerprint density at radius 3 is 2.78 bits per heavy atom. The summed E-state index contributed by atoms with van der Waals surface area (Å²) in [5, 5.41) is 4.16. The van der Waals surface area contributed by atoms with Gasteiger partial charge in [0.25, 0.3) is 0 Å². The number of anilines is 1. The molecule has 0 unspecified atom stereocenters. The van der Waals surface area contributed by atoms with Crippen LogP contribution in [0.15, 0.2) is 42.5 Å². The Labute approximate surface area is 198 Å². The topological polar surface area (TPSA) is 80.9 Å². The molecule has 1 aliphatic heterocycles. The van der Waals surface area contributed by atoms with Crippen LogP contribution in [0.2, 0.25) is 5.02 Å². The van der Waals surface area contributed by atoms with Crippen molar-refractivity contribution in [3.05, 3.63) is 58.6 Å². The number of hydrogen-bond donors (Lipinski definition) is 3. The monoisotopic (exact) mass is 475 g/mol. The largest absolute Gasteiger partial charge is 0.483 e. The fourth-order valence-electron chi connectivity index (χ4n) is 3.11. The standard InChI is InChI=1S/C23H26ClN3O4S/c1-5-29-21(28)13-30-15-9-10-20-16(11-15)19(12-23(3,4)31-20)26-27-22(32)25-18-8-6-7-17(24)14(18)2/h6-12,26H,5,13H2,1-4H3,(H2,25,27,32). The molecule has 3 rings (SSSR count). The van der Waals surface area contributed by atoms with E-state index in [1.54, 1.807) is 25.1 Å². The predicted molar refractivity (Wildman–Crippen MR) is 130 cm³/mol. The highest BCUT2D eigenvalue weighted by molar-refractivity contribution is 7.80. The van der Waals surface area contributed by atoms with Crippen LogP contribution in [-0.2, 0) is 9.53 Å². The van der Waals surface area contributed by atoms with Crippen LogP contribution >= 0.6 is 23.8 Å². The molecule has 0 saturated heterocycles. The zero-order valence-corrected chi connectivity index (χ0v) is 19.9. The number of hydrazine groups is 1. The van der Waals surface area contributed by atoms with Crippen molar-refractivity contribution >= 4 is 46.3 Å². The van der Waals surface area contributed by atoms with E-state index in [0.29, 0.717) is 28.2 Å². The zero-order chi connectivity index (χ0) is 23.3. The molecule has 3 N–H and O–H groups in total. The van der Waals surface area contributed by atoms with Crippen molar-refractivity contribution in [3.63, 3.8) is 0 Å². The molecule has 32 heavy (non-hydrogen) atoms. The molecule has 0 aromatic heterocycles. The lowest BCUT2D eigenvalue weighted by atomic mass is 9.99. The highest BCUT2D eigenvalue weighted by Gasteiger charge is 2.27. The Morgan fingerprint density at radius 1 is 1.25 bits per heavy atom. The maximum absolute atomic E-state index is 11.6. The third kappa shape index (κ3) is 6.05. The summed E-state index contributed by atoms with van der Waals surface area (Å²) in [6.07, 6.45) is 1.94. The first-order chi connectivity index (χ1) is 15.2. The first-order valence-electron chi connectivity index (χ1n) is 10.1. The van der Waals surface area contributed by atoms with Crippen molar-refractivity contribution in [1.82, 2.24) is 10.9 Å². The minimum atomic E-state index is -0.539. The van der Waals surface area contributed by atoms with Gasteiger partial charge in [0.1, 0.15) is 17.1 Å². The van der Waals surface area contributed by atoms with Gasteiger partial charge in [0, 0.05) is 16.3 Å². The van der Waals surface area contributed by atoms with Crippen LogP contribution in [0.25, 0.3) is 5.70 Å². The molecule has 0 amide bonds. The van der Waals surface area contributed by atoms with Gasteiger partial charge in [-0.15, -0.1) is 0 Å². The van der Waals surface area contributed by atoms with Crippen LogP contribution in [0.5, 0.6) is 11.5 Å². The van der Waals surface area contributed by atoms with Crippen molar-refractivity contribution in [2.24, 2.45) is 0 Å². The summed E-state index contributed by atoms with van der Waals surface area (Å²) in [6, 6.07) is 10.9. The lowest BCUT2D eigenvalue weighted by molar-refractivity contribution is -0.145. The van der Waals surface area contributed by atoms with E-state index in [0.717, 1.165) is 22.5 Å². The SMILES string of the molecule is CCOC(=O)COc1ccc2c(c1)C(NNC(=S)Nc1cccc(Cl)c1C)=CC(C)(C)O2. The van der Waals surface area contributed by atoms with E-state index in [2.05, 4.69) is 16.2 Å². The molecular weight excluding hydrogens is 450 g/mol. The van der Waals surface area contributed by atoms with Crippen LogP contribution in [0.3, 0.4) is 0 Å². The normalized spacial score (nSPS) is 13.7. The number of carbonyl (C=O) groups is 1. The van der Waals surface area contributed by atoms with Gasteiger partial charge in [0.2, 0.25) is 0 Å². The molecule has 9 heteroatoms. The van der Waals surface area contributed by atoms with Gasteiger partial charge in [-0.3, -0.25) is 10.9 Å². The van der Waals surface area contributed by atoms with Crippen molar-refractivity contribution in [2.45, 2.75) is 33.3 Å². The quantitative estimate of drug-likeness (QED) is 0.305. The number of rotatable bonds is 7. The first-order valence-corrected chi connectivity index (χ1v) is 10.9. The number of esters is 1. The maximum Gasteiger partial charge on any atom is 0.344 e. The number of halogens is 1. The van der Waals surface area contributed by atoms with Crippen LogP contribution < -0.4 is 25.6 Å². The summed E-state index contributed by atoms with van der Waals surface area (Å²) in [6.45, 7) is 7.71. The molecule has 0 bridgehead atoms. The van der Waals surface area contributed by atoms with E-state index in [9.17, 15) is 4.79 Å². The van der Waals surface area contributed by atoms with Gasteiger partial charge < -0.3 is 19.5 Å². The van der Waals surface area contributed by atoms with E-state index >= 15 is 0 Å². The minimum Gasteiger partial charge on any atom is -0.483 e. The van der Waals surface area contributed by atoms with Gasteiger partial charge in [0.05, 0.1) is 12.3 Å². The number of thiocarbonyl (C=S) groups is 1. The van der Waals surface area contributed by atoms with Gasteiger partial charge >= 0.3 is 5.97 Å². The molecule has 2 aromatic carbocycles. The zero-order valence-electron chi connectivity index (χ0n) is 18.4. The lowest BCUT2D eigenvalue weighted by Gasteiger charge is -2.31. The highest BCUT2D eigenvalue weighted by Crippen LogP contribution is 2.36. The number of fused-ring (bicyclic) bond motifs is 1. The lowest BCUT2D eigenvalue weighted by Crippen LogP contribution is -2.41. The Kier molecular flexibility index (Phi) is 7.48. The minimum absolute atomic E-state index is 0.170. The van der Waals surface area contributed by atoms with Crippen LogP contribution in [0.4, 0.5) is 5.69 Å². The Bertz CT molecular complexity index is 1060. The van der Waals surface area contributed by atoms with E-state index in [4.69, 9.17) is 38.0 Å². The first kappa shape index (κ1) is 23.7. The average molecular weight is 476 g/mol. The molecule has 1 heterocycles. The smallest absolute Gasteiger partial charge is 0.344 e. The molecule has 0 fully saturated rings. The summed E-state index contributed by atoms with van der Waals surface area (Å²) in [5.74, 6) is 0.767. The molecule has 0 saturated carbocycles. The van der Waals surface area contributed by atoms with E-state index < -0.39 is 11.6 Å². The summed E-state index contributed by atoms with van der Waals surface area (Å²) in [4.78, 5) is 11.6. The van der Waals surface area contributed by atoms with Gasteiger partial charge in [-0.1, -0.05) is 17.7 Å². The molecule has 7 nitrogen and oxygen atoms in total. The summed E-state index contributed by atoms with van der Waals surface area (Å²) in [5.41, 5.74) is 8.84. The van der Waals surface area contributed by atoms with Gasteiger partial charge in [-0.25, -0.2) is 4.79 Å². The van der Waals surface area contributed by atoms with Crippen molar-refractivity contribution in [1.29, 1.82) is 0 Å². The van der Waals surface area contributed by atoms with Crippen molar-refractivity contribution in [3.8, 4) is 11.5 Å². The van der Waals surface area contributed by atoms with Crippen LogP contribution in [0.1, 0.15) is 31.9 Å². The van der Waals surface area contributed by atoms with Gasteiger partial charge in [-0.2, -0.15) is 0 Å². The van der Waals surface area contributed by atoms with Gasteiger partial charge in [0.15, 0.2) is 11.7 Å². The molecular formula is C23H26ClN3O4S. The highest BCUT2D eigenvalue weighted by atomic mass is 35.5. The summed E-state index contributed by atoms with van der Waals surface area (Å²) < 4.78 is 16.5. The Hall–Kier alpha value is -2.97. The van der Waals surface area contributed by atoms with Crippen molar-refractivity contribution in [2.75, 3.05) is 18.5 Å². The summed E-state index contributed by atoms with van der Waals surface area (Å²) in [7, 11) is 0. The summed E-state index contributed by atoms with van der Waals surface area (Å²) >= 11 is 11.6. The second-order valence-electron chi connectivity index (χ2n) is 7.63. The maximum atomic E-state index is 11.6. The predicted octanol–water partition coefficient (Wildman–Crippen LogP) is 4.59. The number of nitrogens with one attached hydrogen (secondary N) is 3. The fraction of sp³-hybridized carbons (Fsp3) is 0.304. The van der Waals surface area contributed by atoms with E-state index in [1.807, 2.05) is 45.0 Å². The van der Waals surface area contributed by atoms with E-state index in [1.165, 1.54) is 0 Å². The molecule has 2 aromatic rings. The van der Waals surface area contributed by atoms with Crippen LogP contribution in [0, 0.1) is 6.92 Å². The fourth-order valence-corrected chi connectivity index (χ4v) is 3.44. The third-order valence-electron chi connectivity index (χ3n) is 4.59. The molecule has 0 aliphatic carbocycles. The number of hydrogen-bond acceptors (Lipinski definition) is 6. The molecule has 170 valence electrons. The Balaban J connectivity index is 1.72. The number of benzene rings is 2. The number of ether oxygens (including phenoxy) is 3. The molecule has 0 atom stereocenters. The van der Waals surface area contributed by atoms with Crippen LogP contribution in [-0.4, -0.2) is 29.9 Å².